The van der Waals surface area contributed by atoms with E-state index in [1.165, 1.54) is 25.5 Å². The van der Waals surface area contributed by atoms with Gasteiger partial charge in [0, 0.05) is 30.7 Å². The molecule has 6 nitrogen and oxygen atoms in total. The Balaban J connectivity index is 1.40. The number of fused-ring (bicyclic) bond motifs is 1. The summed E-state index contributed by atoms with van der Waals surface area (Å²) in [5, 5.41) is 2.37. The van der Waals surface area contributed by atoms with Crippen LogP contribution in [0.3, 0.4) is 0 Å². The molecular weight excluding hydrogens is 412 g/mol. The molecule has 4 rings (SSSR count). The molecule has 0 atom stereocenters. The minimum Gasteiger partial charge on any atom is -0.476 e. The summed E-state index contributed by atoms with van der Waals surface area (Å²) in [7, 11) is 0. The van der Waals surface area contributed by atoms with Gasteiger partial charge >= 0.3 is 0 Å². The first kappa shape index (κ1) is 21.5. The fraction of sp³-hybridized carbons (Fsp3) is 0.375. The normalized spacial score (nSPS) is 14.6. The molecule has 1 aliphatic heterocycles. The van der Waals surface area contributed by atoms with Crippen molar-refractivity contribution >= 4 is 34.0 Å². The van der Waals surface area contributed by atoms with Gasteiger partial charge in [-0.05, 0) is 55.4 Å². The molecule has 0 amide bonds. The number of carbonyl (C=O) groups excluding carboxylic acids is 1. The SMILES string of the molecule is Nc1nccc2cc(CCC(=O)c3cc(Cl)cnc3OCCN3CCCCC3)ccc12. The Morgan fingerprint density at radius 3 is 2.81 bits per heavy atom. The van der Waals surface area contributed by atoms with Gasteiger partial charge in [0.15, 0.2) is 5.78 Å². The standard InChI is InChI=1S/C24H27ClN4O2/c25-19-15-21(24(28-16-19)31-13-12-29-10-2-1-3-11-29)22(30)7-5-17-4-6-20-18(14-17)8-9-27-23(20)26/h4,6,8-9,14-16H,1-3,5,7,10-13H2,(H2,26,27). The maximum absolute atomic E-state index is 13.0. The third-order valence-electron chi connectivity index (χ3n) is 5.71. The van der Waals surface area contributed by atoms with E-state index < -0.39 is 0 Å². The lowest BCUT2D eigenvalue weighted by molar-refractivity contribution is 0.0976. The molecule has 1 aliphatic rings. The second-order valence-electron chi connectivity index (χ2n) is 7.93. The maximum atomic E-state index is 13.0. The molecule has 3 aromatic rings. The molecule has 0 radical (unpaired) electrons. The Labute approximate surface area is 187 Å². The number of ketones is 1. The van der Waals surface area contributed by atoms with Crippen molar-refractivity contribution < 1.29 is 9.53 Å². The summed E-state index contributed by atoms with van der Waals surface area (Å²) in [4.78, 5) is 23.7. The predicted octanol–water partition coefficient (Wildman–Crippen LogP) is 4.55. The number of nitrogens with two attached hydrogens (primary N) is 1. The number of nitrogens with zero attached hydrogens (tertiary/aromatic N) is 3. The van der Waals surface area contributed by atoms with E-state index in [4.69, 9.17) is 22.1 Å². The number of benzene rings is 1. The predicted molar refractivity (Wildman–Crippen MR) is 124 cm³/mol. The summed E-state index contributed by atoms with van der Waals surface area (Å²) in [6.45, 7) is 3.56. The summed E-state index contributed by atoms with van der Waals surface area (Å²) in [5.74, 6) is 0.845. The first-order chi connectivity index (χ1) is 15.1. The second kappa shape index (κ2) is 10.1. The lowest BCUT2D eigenvalue weighted by atomic mass is 10.0. The van der Waals surface area contributed by atoms with E-state index in [9.17, 15) is 4.79 Å². The molecule has 1 aromatic carbocycles. The van der Waals surface area contributed by atoms with Crippen LogP contribution in [-0.2, 0) is 6.42 Å². The van der Waals surface area contributed by atoms with Gasteiger partial charge < -0.3 is 10.5 Å². The highest BCUT2D eigenvalue weighted by molar-refractivity contribution is 6.30. The zero-order valence-corrected chi connectivity index (χ0v) is 18.3. The number of nitrogen functional groups attached to an aromatic ring is 1. The van der Waals surface area contributed by atoms with Crippen LogP contribution in [0.15, 0.2) is 42.7 Å². The number of anilines is 1. The van der Waals surface area contributed by atoms with E-state index in [1.54, 1.807) is 12.3 Å². The van der Waals surface area contributed by atoms with Crippen LogP contribution in [0.1, 0.15) is 41.6 Å². The number of likely N-dealkylation sites (tertiary alicyclic amines) is 1. The van der Waals surface area contributed by atoms with Gasteiger partial charge in [0.1, 0.15) is 12.4 Å². The molecule has 0 unspecified atom stereocenters. The Morgan fingerprint density at radius 1 is 1.13 bits per heavy atom. The van der Waals surface area contributed by atoms with Gasteiger partial charge in [0.25, 0.3) is 0 Å². The Kier molecular flexibility index (Phi) is 6.99. The molecule has 7 heteroatoms. The molecule has 3 heterocycles. The lowest BCUT2D eigenvalue weighted by Gasteiger charge is -2.26. The van der Waals surface area contributed by atoms with E-state index >= 15 is 0 Å². The number of hydrogen-bond acceptors (Lipinski definition) is 6. The van der Waals surface area contributed by atoms with Crippen LogP contribution in [0.4, 0.5) is 5.82 Å². The first-order valence-corrected chi connectivity index (χ1v) is 11.1. The molecule has 2 N–H and O–H groups in total. The highest BCUT2D eigenvalue weighted by Crippen LogP contribution is 2.24. The number of halogens is 1. The topological polar surface area (TPSA) is 81.3 Å². The molecule has 31 heavy (non-hydrogen) atoms. The third-order valence-corrected chi connectivity index (χ3v) is 5.92. The maximum Gasteiger partial charge on any atom is 0.224 e. The summed E-state index contributed by atoms with van der Waals surface area (Å²) in [5.41, 5.74) is 7.43. The van der Waals surface area contributed by atoms with Crippen molar-refractivity contribution in [3.8, 4) is 5.88 Å². The molecule has 0 aliphatic carbocycles. The van der Waals surface area contributed by atoms with Gasteiger partial charge in [-0.3, -0.25) is 9.69 Å². The number of pyridine rings is 2. The van der Waals surface area contributed by atoms with Gasteiger partial charge in [0.2, 0.25) is 5.88 Å². The molecular formula is C24H27ClN4O2. The largest absolute Gasteiger partial charge is 0.476 e. The summed E-state index contributed by atoms with van der Waals surface area (Å²) >= 11 is 6.12. The number of rotatable bonds is 8. The highest BCUT2D eigenvalue weighted by atomic mass is 35.5. The van der Waals surface area contributed by atoms with Crippen LogP contribution in [-0.4, -0.2) is 46.9 Å². The number of piperidine rings is 1. The van der Waals surface area contributed by atoms with Crippen LogP contribution < -0.4 is 10.5 Å². The van der Waals surface area contributed by atoms with Crippen LogP contribution in [0.2, 0.25) is 5.02 Å². The van der Waals surface area contributed by atoms with E-state index in [2.05, 4.69) is 14.9 Å². The zero-order valence-electron chi connectivity index (χ0n) is 17.5. The van der Waals surface area contributed by atoms with Crippen molar-refractivity contribution in [1.82, 2.24) is 14.9 Å². The van der Waals surface area contributed by atoms with Crippen LogP contribution >= 0.6 is 11.6 Å². The number of aryl methyl sites for hydroxylation is 1. The van der Waals surface area contributed by atoms with Crippen molar-refractivity contribution in [1.29, 1.82) is 0 Å². The van der Waals surface area contributed by atoms with Gasteiger partial charge in [0.05, 0.1) is 10.6 Å². The molecule has 162 valence electrons. The van der Waals surface area contributed by atoms with Crippen molar-refractivity contribution in [2.75, 3.05) is 32.0 Å². The average Bonchev–Trinajstić information content (AvgIpc) is 2.79. The summed E-state index contributed by atoms with van der Waals surface area (Å²) < 4.78 is 5.89. The second-order valence-corrected chi connectivity index (χ2v) is 8.37. The molecule has 2 aromatic heterocycles. The van der Waals surface area contributed by atoms with E-state index in [0.717, 1.165) is 36.0 Å². The van der Waals surface area contributed by atoms with Gasteiger partial charge in [-0.2, -0.15) is 0 Å². The smallest absolute Gasteiger partial charge is 0.224 e. The van der Waals surface area contributed by atoms with E-state index in [0.29, 0.717) is 41.7 Å². The van der Waals surface area contributed by atoms with Crippen LogP contribution in [0, 0.1) is 0 Å². The van der Waals surface area contributed by atoms with Gasteiger partial charge in [-0.25, -0.2) is 9.97 Å². The van der Waals surface area contributed by atoms with E-state index in [-0.39, 0.29) is 5.78 Å². The number of ether oxygens (including phenoxy) is 1. The average molecular weight is 439 g/mol. The van der Waals surface area contributed by atoms with Crippen molar-refractivity contribution in [2.24, 2.45) is 0 Å². The van der Waals surface area contributed by atoms with Crippen molar-refractivity contribution in [3.63, 3.8) is 0 Å². The Morgan fingerprint density at radius 2 is 1.97 bits per heavy atom. The third kappa shape index (κ3) is 5.51. The minimum atomic E-state index is -0.0303. The van der Waals surface area contributed by atoms with E-state index in [1.807, 2.05) is 24.3 Å². The van der Waals surface area contributed by atoms with Crippen molar-refractivity contribution in [2.45, 2.75) is 32.1 Å². The Bertz CT molecular complexity index is 1070. The Hall–Kier alpha value is -2.70. The van der Waals surface area contributed by atoms with Gasteiger partial charge in [-0.1, -0.05) is 36.2 Å². The molecule has 1 saturated heterocycles. The monoisotopic (exact) mass is 438 g/mol. The molecule has 0 saturated carbocycles. The number of hydrogen-bond donors (Lipinski definition) is 1. The van der Waals surface area contributed by atoms with Crippen LogP contribution in [0.25, 0.3) is 10.8 Å². The number of aromatic nitrogens is 2. The lowest BCUT2D eigenvalue weighted by Crippen LogP contribution is -2.33. The first-order valence-electron chi connectivity index (χ1n) is 10.8. The summed E-state index contributed by atoms with van der Waals surface area (Å²) in [6, 6.07) is 9.56. The summed E-state index contributed by atoms with van der Waals surface area (Å²) in [6.07, 6.45) is 7.94. The number of carbonyl (C=O) groups is 1. The zero-order chi connectivity index (χ0) is 21.6. The quantitative estimate of drug-likeness (QED) is 0.520. The van der Waals surface area contributed by atoms with Crippen LogP contribution in [0.5, 0.6) is 5.88 Å². The fourth-order valence-electron chi connectivity index (χ4n) is 3.99. The minimum absolute atomic E-state index is 0.0303. The highest BCUT2D eigenvalue weighted by Gasteiger charge is 2.16. The van der Waals surface area contributed by atoms with Gasteiger partial charge in [-0.15, -0.1) is 0 Å². The number of Topliss-reactive ketones (excluding diaryl/α,β-unsaturated/α-hetero) is 1. The fourth-order valence-corrected chi connectivity index (χ4v) is 4.15. The molecule has 0 bridgehead atoms. The van der Waals surface area contributed by atoms with Crippen molar-refractivity contribution in [3.05, 3.63) is 58.9 Å². The molecule has 1 fully saturated rings. The molecule has 0 spiro atoms.